The Bertz CT molecular complexity index is 645. The van der Waals surface area contributed by atoms with Crippen LogP contribution in [0.3, 0.4) is 0 Å². The summed E-state index contributed by atoms with van der Waals surface area (Å²) in [6, 6.07) is 4.74. The summed E-state index contributed by atoms with van der Waals surface area (Å²) in [6.07, 6.45) is 1.65. The molecular formula is C13H20N4O3S. The number of amides is 1. The van der Waals surface area contributed by atoms with Crippen LogP contribution in [-0.4, -0.2) is 34.5 Å². The number of anilines is 2. The van der Waals surface area contributed by atoms with Crippen LogP contribution in [0.5, 0.6) is 0 Å². The second-order valence-corrected chi connectivity index (χ2v) is 6.66. The fraction of sp³-hybridized carbons (Fsp3) is 0.462. The third-order valence-corrected chi connectivity index (χ3v) is 4.70. The molecule has 0 aromatic heterocycles. The second kappa shape index (κ2) is 5.90. The van der Waals surface area contributed by atoms with Crippen molar-refractivity contribution >= 4 is 27.3 Å². The number of carbonyl (C=O) groups excluding carboxylic acids is 1. The number of hydrogen-bond acceptors (Lipinski definition) is 5. The number of nitrogens with zero attached hydrogens (tertiary/aromatic N) is 1. The number of nitrogens with one attached hydrogen (secondary N) is 1. The first-order valence-electron chi connectivity index (χ1n) is 6.72. The van der Waals surface area contributed by atoms with E-state index in [9.17, 15) is 13.2 Å². The number of rotatable bonds is 3. The summed E-state index contributed by atoms with van der Waals surface area (Å²) < 4.78 is 23.0. The van der Waals surface area contributed by atoms with Crippen molar-refractivity contribution in [3.63, 3.8) is 0 Å². The van der Waals surface area contributed by atoms with Crippen LogP contribution in [0.4, 0.5) is 11.4 Å². The van der Waals surface area contributed by atoms with E-state index in [0.29, 0.717) is 12.2 Å². The van der Waals surface area contributed by atoms with Crippen LogP contribution in [0, 0.1) is 5.92 Å². The monoisotopic (exact) mass is 312 g/mol. The van der Waals surface area contributed by atoms with E-state index in [4.69, 9.17) is 10.9 Å². The van der Waals surface area contributed by atoms with E-state index in [1.54, 1.807) is 19.2 Å². The fourth-order valence-electron chi connectivity index (χ4n) is 2.67. The minimum Gasteiger partial charge on any atom is -0.396 e. The third-order valence-electron chi connectivity index (χ3n) is 3.73. The number of nitrogen functional groups attached to an aromatic ring is 1. The lowest BCUT2D eigenvalue weighted by Crippen LogP contribution is -2.42. The molecule has 7 nitrogen and oxygen atoms in total. The normalized spacial score (nSPS) is 19.3. The summed E-state index contributed by atoms with van der Waals surface area (Å²) in [5.41, 5.74) is 6.70. The summed E-state index contributed by atoms with van der Waals surface area (Å²) in [7, 11) is -2.25. The molecule has 1 saturated heterocycles. The molecule has 2 rings (SSSR count). The molecule has 0 bridgehead atoms. The molecule has 0 spiro atoms. The van der Waals surface area contributed by atoms with Gasteiger partial charge in [-0.3, -0.25) is 4.79 Å². The van der Waals surface area contributed by atoms with Crippen LogP contribution in [0.1, 0.15) is 12.8 Å². The molecule has 1 aromatic rings. The van der Waals surface area contributed by atoms with Crippen LogP contribution >= 0.6 is 0 Å². The minimum atomic E-state index is -3.86. The Balaban J connectivity index is 2.32. The molecule has 0 radical (unpaired) electrons. The molecule has 1 amide bonds. The van der Waals surface area contributed by atoms with E-state index >= 15 is 0 Å². The van der Waals surface area contributed by atoms with Gasteiger partial charge >= 0.3 is 0 Å². The number of piperidine rings is 1. The molecular weight excluding hydrogens is 292 g/mol. The summed E-state index contributed by atoms with van der Waals surface area (Å²) in [5.74, 6) is -0.137. The Kier molecular flexibility index (Phi) is 4.38. The zero-order valence-corrected chi connectivity index (χ0v) is 12.7. The van der Waals surface area contributed by atoms with Gasteiger partial charge in [0.1, 0.15) is 4.90 Å². The van der Waals surface area contributed by atoms with Gasteiger partial charge in [0.15, 0.2) is 0 Å². The van der Waals surface area contributed by atoms with Crippen LogP contribution in [0.25, 0.3) is 0 Å². The minimum absolute atomic E-state index is 0.0131. The predicted molar refractivity (Wildman–Crippen MR) is 81.2 cm³/mol. The van der Waals surface area contributed by atoms with E-state index in [0.717, 1.165) is 19.4 Å². The number of nitrogens with two attached hydrogens (primary N) is 2. The maximum absolute atomic E-state index is 11.8. The van der Waals surface area contributed by atoms with Gasteiger partial charge in [0, 0.05) is 20.1 Å². The zero-order valence-electron chi connectivity index (χ0n) is 11.9. The van der Waals surface area contributed by atoms with Gasteiger partial charge in [-0.2, -0.15) is 0 Å². The van der Waals surface area contributed by atoms with Crippen molar-refractivity contribution in [1.29, 1.82) is 0 Å². The molecule has 1 heterocycles. The molecule has 1 aromatic carbocycles. The Morgan fingerprint density at radius 2 is 2.14 bits per heavy atom. The lowest BCUT2D eigenvalue weighted by molar-refractivity contribution is -0.124. The number of primary sulfonamides is 1. The van der Waals surface area contributed by atoms with E-state index in [2.05, 4.69) is 5.32 Å². The van der Waals surface area contributed by atoms with Crippen molar-refractivity contribution in [3.05, 3.63) is 18.2 Å². The Morgan fingerprint density at radius 1 is 1.43 bits per heavy atom. The molecule has 116 valence electrons. The molecule has 0 aliphatic carbocycles. The average molecular weight is 312 g/mol. The van der Waals surface area contributed by atoms with Crippen molar-refractivity contribution < 1.29 is 13.2 Å². The van der Waals surface area contributed by atoms with Gasteiger partial charge in [0.25, 0.3) is 0 Å². The number of sulfonamides is 1. The van der Waals surface area contributed by atoms with Gasteiger partial charge < -0.3 is 16.0 Å². The molecule has 1 aliphatic heterocycles. The first kappa shape index (κ1) is 15.6. The molecule has 1 unspecified atom stereocenters. The van der Waals surface area contributed by atoms with Crippen molar-refractivity contribution in [3.8, 4) is 0 Å². The van der Waals surface area contributed by atoms with Crippen LogP contribution in [0.15, 0.2) is 23.1 Å². The maximum atomic E-state index is 11.8. The van der Waals surface area contributed by atoms with Gasteiger partial charge in [-0.25, -0.2) is 13.6 Å². The van der Waals surface area contributed by atoms with Gasteiger partial charge in [-0.05, 0) is 25.0 Å². The number of benzene rings is 1. The van der Waals surface area contributed by atoms with Crippen molar-refractivity contribution in [2.24, 2.45) is 11.1 Å². The summed E-state index contributed by atoms with van der Waals surface area (Å²) in [6.45, 7) is 1.24. The zero-order chi connectivity index (χ0) is 15.6. The second-order valence-electron chi connectivity index (χ2n) is 5.13. The summed E-state index contributed by atoms with van der Waals surface area (Å²) in [5, 5.41) is 7.81. The van der Waals surface area contributed by atoms with Gasteiger partial charge in [0.05, 0.1) is 17.3 Å². The lowest BCUT2D eigenvalue weighted by Gasteiger charge is -2.34. The number of para-hydroxylation sites is 1. The van der Waals surface area contributed by atoms with Crippen molar-refractivity contribution in [1.82, 2.24) is 5.32 Å². The number of hydrogen-bond donors (Lipinski definition) is 3. The highest BCUT2D eigenvalue weighted by Gasteiger charge is 2.27. The molecule has 21 heavy (non-hydrogen) atoms. The topological polar surface area (TPSA) is 119 Å². The summed E-state index contributed by atoms with van der Waals surface area (Å²) in [4.78, 5) is 13.6. The molecule has 0 saturated carbocycles. The van der Waals surface area contributed by atoms with E-state index in [1.807, 2.05) is 4.90 Å². The van der Waals surface area contributed by atoms with Crippen LogP contribution < -0.4 is 21.1 Å². The molecule has 1 fully saturated rings. The van der Waals surface area contributed by atoms with E-state index < -0.39 is 10.0 Å². The fourth-order valence-corrected chi connectivity index (χ4v) is 3.35. The Labute approximate surface area is 124 Å². The lowest BCUT2D eigenvalue weighted by atomic mass is 9.96. The standard InChI is InChI=1S/C13H20N4O3S/c1-16-13(18)9-4-3-7-17(8-9)10-5-2-6-11(12(10)14)21(15,19)20/h2,5-6,9H,3-4,7-8,14H2,1H3,(H,16,18)(H2,15,19,20). The Morgan fingerprint density at radius 3 is 2.76 bits per heavy atom. The molecule has 5 N–H and O–H groups in total. The predicted octanol–water partition coefficient (Wildman–Crippen LogP) is -0.121. The van der Waals surface area contributed by atoms with E-state index in [-0.39, 0.29) is 22.4 Å². The molecule has 1 atom stereocenters. The summed E-state index contributed by atoms with van der Waals surface area (Å²) >= 11 is 0. The number of carbonyl (C=O) groups is 1. The van der Waals surface area contributed by atoms with E-state index in [1.165, 1.54) is 6.07 Å². The van der Waals surface area contributed by atoms with Crippen LogP contribution in [0.2, 0.25) is 0 Å². The van der Waals surface area contributed by atoms with Crippen molar-refractivity contribution in [2.45, 2.75) is 17.7 Å². The smallest absolute Gasteiger partial charge is 0.240 e. The van der Waals surface area contributed by atoms with Crippen molar-refractivity contribution in [2.75, 3.05) is 30.8 Å². The molecule has 1 aliphatic rings. The SMILES string of the molecule is CNC(=O)C1CCCN(c2cccc(S(N)(=O)=O)c2N)C1. The van der Waals surface area contributed by atoms with Gasteiger partial charge in [-0.15, -0.1) is 0 Å². The third kappa shape index (κ3) is 3.27. The largest absolute Gasteiger partial charge is 0.396 e. The molecule has 8 heteroatoms. The van der Waals surface area contributed by atoms with Gasteiger partial charge in [0.2, 0.25) is 15.9 Å². The quantitative estimate of drug-likeness (QED) is 0.672. The van der Waals surface area contributed by atoms with Gasteiger partial charge in [-0.1, -0.05) is 6.07 Å². The first-order valence-corrected chi connectivity index (χ1v) is 8.27. The Hall–Kier alpha value is -1.80. The highest BCUT2D eigenvalue weighted by atomic mass is 32.2. The average Bonchev–Trinajstić information content (AvgIpc) is 2.45. The van der Waals surface area contributed by atoms with Crippen LogP contribution in [-0.2, 0) is 14.8 Å². The first-order chi connectivity index (χ1) is 9.84. The highest BCUT2D eigenvalue weighted by Crippen LogP contribution is 2.32. The maximum Gasteiger partial charge on any atom is 0.240 e. The highest BCUT2D eigenvalue weighted by molar-refractivity contribution is 7.89.